The van der Waals surface area contributed by atoms with Gasteiger partial charge in [-0.2, -0.15) is 0 Å². The zero-order valence-electron chi connectivity index (χ0n) is 7.40. The average molecular weight is 189 g/mol. The SMILES string of the molecule is O=C1N[C@H](CCCO)[C@H](CCO)O1. The second-order valence-corrected chi connectivity index (χ2v) is 3.07. The minimum atomic E-state index is -0.429. The number of aliphatic hydroxyl groups excluding tert-OH is 2. The molecule has 13 heavy (non-hydrogen) atoms. The second kappa shape index (κ2) is 5.04. The van der Waals surface area contributed by atoms with Crippen molar-refractivity contribution in [3.05, 3.63) is 0 Å². The van der Waals surface area contributed by atoms with Crippen LogP contribution in [0.1, 0.15) is 19.3 Å². The van der Waals surface area contributed by atoms with E-state index in [-0.39, 0.29) is 25.4 Å². The molecule has 1 heterocycles. The molecule has 1 aliphatic rings. The topological polar surface area (TPSA) is 78.8 Å². The zero-order valence-corrected chi connectivity index (χ0v) is 7.40. The Hall–Kier alpha value is -0.810. The van der Waals surface area contributed by atoms with E-state index in [0.29, 0.717) is 19.3 Å². The number of hydrogen-bond acceptors (Lipinski definition) is 4. The first-order chi connectivity index (χ1) is 6.27. The molecule has 1 fully saturated rings. The summed E-state index contributed by atoms with van der Waals surface area (Å²) in [6, 6.07) is -0.0631. The summed E-state index contributed by atoms with van der Waals surface area (Å²) in [5.41, 5.74) is 0. The average Bonchev–Trinajstić information content (AvgIpc) is 2.44. The van der Waals surface area contributed by atoms with Gasteiger partial charge in [0.05, 0.1) is 6.04 Å². The molecule has 0 unspecified atom stereocenters. The van der Waals surface area contributed by atoms with Crippen molar-refractivity contribution >= 4 is 6.09 Å². The minimum Gasteiger partial charge on any atom is -0.444 e. The van der Waals surface area contributed by atoms with Crippen molar-refractivity contribution in [3.8, 4) is 0 Å². The summed E-state index contributed by atoms with van der Waals surface area (Å²) < 4.78 is 4.92. The third kappa shape index (κ3) is 2.86. The third-order valence-electron chi connectivity index (χ3n) is 2.10. The van der Waals surface area contributed by atoms with Crippen LogP contribution in [0.15, 0.2) is 0 Å². The van der Waals surface area contributed by atoms with E-state index < -0.39 is 6.09 Å². The van der Waals surface area contributed by atoms with Crippen molar-refractivity contribution in [2.45, 2.75) is 31.4 Å². The molecular weight excluding hydrogens is 174 g/mol. The lowest BCUT2D eigenvalue weighted by Crippen LogP contribution is -2.32. The molecule has 0 aromatic carbocycles. The van der Waals surface area contributed by atoms with E-state index in [9.17, 15) is 4.79 Å². The fourth-order valence-corrected chi connectivity index (χ4v) is 1.45. The van der Waals surface area contributed by atoms with Crippen LogP contribution in [-0.4, -0.2) is 41.7 Å². The number of rotatable bonds is 5. The summed E-state index contributed by atoms with van der Waals surface area (Å²) in [6.07, 6.45) is 1.10. The van der Waals surface area contributed by atoms with Crippen LogP contribution in [0.25, 0.3) is 0 Å². The molecule has 0 saturated carbocycles. The normalized spacial score (nSPS) is 27.1. The summed E-state index contributed by atoms with van der Waals surface area (Å²) in [6.45, 7) is 0.119. The first-order valence-electron chi connectivity index (χ1n) is 4.46. The lowest BCUT2D eigenvalue weighted by Gasteiger charge is -2.14. The highest BCUT2D eigenvalue weighted by molar-refractivity contribution is 5.70. The highest BCUT2D eigenvalue weighted by atomic mass is 16.6. The van der Waals surface area contributed by atoms with Crippen LogP contribution in [-0.2, 0) is 4.74 Å². The fourth-order valence-electron chi connectivity index (χ4n) is 1.45. The van der Waals surface area contributed by atoms with Gasteiger partial charge in [-0.15, -0.1) is 0 Å². The van der Waals surface area contributed by atoms with Crippen LogP contribution in [0.2, 0.25) is 0 Å². The largest absolute Gasteiger partial charge is 0.444 e. The van der Waals surface area contributed by atoms with Gasteiger partial charge >= 0.3 is 6.09 Å². The Labute approximate surface area is 76.7 Å². The van der Waals surface area contributed by atoms with Gasteiger partial charge in [0.1, 0.15) is 6.10 Å². The molecule has 2 atom stereocenters. The van der Waals surface area contributed by atoms with E-state index in [2.05, 4.69) is 5.32 Å². The van der Waals surface area contributed by atoms with Crippen molar-refractivity contribution in [2.24, 2.45) is 0 Å². The number of hydrogen-bond donors (Lipinski definition) is 3. The fraction of sp³-hybridized carbons (Fsp3) is 0.875. The van der Waals surface area contributed by atoms with E-state index in [1.165, 1.54) is 0 Å². The van der Waals surface area contributed by atoms with E-state index in [0.717, 1.165) is 0 Å². The van der Waals surface area contributed by atoms with E-state index in [4.69, 9.17) is 14.9 Å². The monoisotopic (exact) mass is 189 g/mol. The highest BCUT2D eigenvalue weighted by Crippen LogP contribution is 2.16. The number of ether oxygens (including phenoxy) is 1. The molecule has 1 amide bonds. The van der Waals surface area contributed by atoms with Gasteiger partial charge in [0, 0.05) is 19.6 Å². The second-order valence-electron chi connectivity index (χ2n) is 3.07. The van der Waals surface area contributed by atoms with E-state index >= 15 is 0 Å². The number of amides is 1. The summed E-state index contributed by atoms with van der Waals surface area (Å²) in [7, 11) is 0. The minimum absolute atomic E-state index is 0.00918. The van der Waals surface area contributed by atoms with Crippen LogP contribution >= 0.6 is 0 Å². The first kappa shape index (κ1) is 10.3. The van der Waals surface area contributed by atoms with Crippen molar-refractivity contribution in [1.82, 2.24) is 5.32 Å². The van der Waals surface area contributed by atoms with Crippen molar-refractivity contribution in [1.29, 1.82) is 0 Å². The molecule has 0 aromatic rings. The van der Waals surface area contributed by atoms with Gasteiger partial charge in [-0.1, -0.05) is 0 Å². The molecule has 0 aromatic heterocycles. The molecule has 5 nitrogen and oxygen atoms in total. The number of nitrogens with one attached hydrogen (secondary N) is 1. The number of alkyl carbamates (subject to hydrolysis) is 1. The van der Waals surface area contributed by atoms with Gasteiger partial charge in [0.15, 0.2) is 0 Å². The molecule has 1 rings (SSSR count). The van der Waals surface area contributed by atoms with Crippen LogP contribution in [0.3, 0.4) is 0 Å². The van der Waals surface area contributed by atoms with Crippen molar-refractivity contribution < 1.29 is 19.7 Å². The van der Waals surface area contributed by atoms with Crippen LogP contribution in [0.5, 0.6) is 0 Å². The molecule has 1 saturated heterocycles. The molecule has 5 heteroatoms. The van der Waals surface area contributed by atoms with Gasteiger partial charge in [0.2, 0.25) is 0 Å². The Balaban J connectivity index is 2.36. The van der Waals surface area contributed by atoms with Gasteiger partial charge in [-0.25, -0.2) is 4.79 Å². The Morgan fingerprint density at radius 2 is 2.08 bits per heavy atom. The maximum atomic E-state index is 10.8. The third-order valence-corrected chi connectivity index (χ3v) is 2.10. The Morgan fingerprint density at radius 1 is 1.31 bits per heavy atom. The Kier molecular flexibility index (Phi) is 3.98. The Bertz CT molecular complexity index is 174. The maximum Gasteiger partial charge on any atom is 0.407 e. The molecule has 0 bridgehead atoms. The van der Waals surface area contributed by atoms with Gasteiger partial charge < -0.3 is 20.3 Å². The first-order valence-corrected chi connectivity index (χ1v) is 4.46. The molecular formula is C8H15NO4. The van der Waals surface area contributed by atoms with E-state index in [1.807, 2.05) is 0 Å². The van der Waals surface area contributed by atoms with Crippen molar-refractivity contribution in [3.63, 3.8) is 0 Å². The maximum absolute atomic E-state index is 10.8. The Morgan fingerprint density at radius 3 is 2.69 bits per heavy atom. The number of aliphatic hydroxyl groups is 2. The summed E-state index contributed by atoms with van der Waals surface area (Å²) in [5, 5.41) is 19.9. The molecule has 3 N–H and O–H groups in total. The van der Waals surface area contributed by atoms with Gasteiger partial charge in [0.25, 0.3) is 0 Å². The lowest BCUT2D eigenvalue weighted by molar-refractivity contribution is 0.107. The van der Waals surface area contributed by atoms with Gasteiger partial charge in [-0.3, -0.25) is 0 Å². The van der Waals surface area contributed by atoms with E-state index in [1.54, 1.807) is 0 Å². The standard InChI is InChI=1S/C8H15NO4/c10-4-1-2-6-7(3-5-11)13-8(12)9-6/h6-7,10-11H,1-5H2,(H,9,12)/t6-,7+/m1/s1. The van der Waals surface area contributed by atoms with Gasteiger partial charge in [-0.05, 0) is 12.8 Å². The summed E-state index contributed by atoms with van der Waals surface area (Å²) >= 11 is 0. The predicted octanol–water partition coefficient (Wildman–Crippen LogP) is -0.382. The lowest BCUT2D eigenvalue weighted by atomic mass is 10.0. The molecule has 0 spiro atoms. The van der Waals surface area contributed by atoms with Crippen molar-refractivity contribution in [2.75, 3.05) is 13.2 Å². The summed E-state index contributed by atoms with van der Waals surface area (Å²) in [4.78, 5) is 10.8. The molecule has 1 aliphatic heterocycles. The molecule has 0 aliphatic carbocycles. The molecule has 76 valence electrons. The zero-order chi connectivity index (χ0) is 9.68. The van der Waals surface area contributed by atoms with Crippen LogP contribution in [0.4, 0.5) is 4.79 Å². The number of carbonyl (C=O) groups is 1. The number of cyclic esters (lactones) is 1. The highest BCUT2D eigenvalue weighted by Gasteiger charge is 2.32. The quantitative estimate of drug-likeness (QED) is 0.550. The number of carbonyl (C=O) groups excluding carboxylic acids is 1. The predicted molar refractivity (Wildman–Crippen MR) is 45.2 cm³/mol. The van der Waals surface area contributed by atoms with Crippen LogP contribution in [0, 0.1) is 0 Å². The summed E-state index contributed by atoms with van der Waals surface area (Å²) in [5.74, 6) is 0. The smallest absolute Gasteiger partial charge is 0.407 e. The molecule has 0 radical (unpaired) electrons. The van der Waals surface area contributed by atoms with Crippen LogP contribution < -0.4 is 5.32 Å².